The van der Waals surface area contributed by atoms with Crippen molar-refractivity contribution >= 4 is 15.9 Å². The topological polar surface area (TPSA) is 39.9 Å². The molecule has 96 valence electrons. The van der Waals surface area contributed by atoms with Crippen LogP contribution in [0, 0.1) is 0 Å². The minimum atomic E-state index is 0.340. The molecule has 1 saturated heterocycles. The fraction of sp³-hybridized carbons (Fsp3) is 0.833. The molecule has 1 fully saturated rings. The highest BCUT2D eigenvalue weighted by molar-refractivity contribution is 9.08. The first-order valence-electron chi connectivity index (χ1n) is 6.43. The van der Waals surface area contributed by atoms with Gasteiger partial charge >= 0.3 is 0 Å². The van der Waals surface area contributed by atoms with Crippen LogP contribution in [0.2, 0.25) is 0 Å². The fourth-order valence-corrected chi connectivity index (χ4v) is 2.69. The van der Waals surface area contributed by atoms with E-state index >= 15 is 0 Å². The molecule has 2 rings (SSSR count). The summed E-state index contributed by atoms with van der Waals surface area (Å²) >= 11 is 3.46. The number of halogens is 1. The zero-order valence-corrected chi connectivity index (χ0v) is 11.9. The van der Waals surface area contributed by atoms with Crippen LogP contribution in [0.1, 0.15) is 44.3 Å². The molecule has 0 radical (unpaired) electrons. The van der Waals surface area contributed by atoms with E-state index < -0.39 is 0 Å². The number of alkyl halides is 1. The highest BCUT2D eigenvalue weighted by atomic mass is 79.9. The van der Waals surface area contributed by atoms with Crippen LogP contribution in [0.4, 0.5) is 0 Å². The Labute approximate surface area is 111 Å². The Morgan fingerprint density at radius 1 is 1.35 bits per heavy atom. The van der Waals surface area contributed by atoms with Gasteiger partial charge in [-0.1, -0.05) is 22.9 Å². The molecule has 1 unspecified atom stereocenters. The molecule has 5 heteroatoms. The third-order valence-electron chi connectivity index (χ3n) is 3.15. The van der Waals surface area contributed by atoms with Crippen molar-refractivity contribution in [3.05, 3.63) is 11.6 Å². The zero-order chi connectivity index (χ0) is 12.1. The summed E-state index contributed by atoms with van der Waals surface area (Å²) in [5.41, 5.74) is 0. The molecule has 1 aliphatic rings. The van der Waals surface area contributed by atoms with Crippen molar-refractivity contribution in [1.82, 2.24) is 14.8 Å². The molecule has 1 atom stereocenters. The Kier molecular flexibility index (Phi) is 4.98. The van der Waals surface area contributed by atoms with Gasteiger partial charge in [-0.25, -0.2) is 0 Å². The SMILES string of the molecule is CCCn1c(CBr)nnc1CC1CCCCO1. The minimum absolute atomic E-state index is 0.340. The summed E-state index contributed by atoms with van der Waals surface area (Å²) in [6, 6.07) is 0. The number of hydrogen-bond acceptors (Lipinski definition) is 3. The summed E-state index contributed by atoms with van der Waals surface area (Å²) in [4.78, 5) is 0. The molecule has 2 heterocycles. The van der Waals surface area contributed by atoms with Gasteiger partial charge in [-0.05, 0) is 25.7 Å². The molecular weight excluding hydrogens is 282 g/mol. The van der Waals surface area contributed by atoms with Gasteiger partial charge in [0.1, 0.15) is 11.6 Å². The summed E-state index contributed by atoms with van der Waals surface area (Å²) in [7, 11) is 0. The summed E-state index contributed by atoms with van der Waals surface area (Å²) in [6.45, 7) is 4.08. The summed E-state index contributed by atoms with van der Waals surface area (Å²) < 4.78 is 7.99. The fourth-order valence-electron chi connectivity index (χ4n) is 2.28. The van der Waals surface area contributed by atoms with E-state index in [0.29, 0.717) is 6.10 Å². The Balaban J connectivity index is 2.05. The molecule has 17 heavy (non-hydrogen) atoms. The number of aromatic nitrogens is 3. The van der Waals surface area contributed by atoms with Gasteiger partial charge < -0.3 is 9.30 Å². The van der Waals surface area contributed by atoms with Crippen molar-refractivity contribution in [3.8, 4) is 0 Å². The van der Waals surface area contributed by atoms with E-state index in [-0.39, 0.29) is 0 Å². The van der Waals surface area contributed by atoms with Crippen LogP contribution in [0.25, 0.3) is 0 Å². The van der Waals surface area contributed by atoms with Crippen LogP contribution >= 0.6 is 15.9 Å². The molecule has 0 bridgehead atoms. The van der Waals surface area contributed by atoms with E-state index in [4.69, 9.17) is 4.74 Å². The molecule has 0 aromatic carbocycles. The molecule has 0 N–H and O–H groups in total. The van der Waals surface area contributed by atoms with Crippen molar-refractivity contribution in [3.63, 3.8) is 0 Å². The molecule has 4 nitrogen and oxygen atoms in total. The average Bonchev–Trinajstić information content (AvgIpc) is 2.74. The van der Waals surface area contributed by atoms with E-state index in [1.54, 1.807) is 0 Å². The molecule has 0 spiro atoms. The smallest absolute Gasteiger partial charge is 0.143 e. The van der Waals surface area contributed by atoms with Gasteiger partial charge in [0.05, 0.1) is 11.4 Å². The maximum Gasteiger partial charge on any atom is 0.143 e. The molecule has 1 aliphatic heterocycles. The van der Waals surface area contributed by atoms with E-state index in [0.717, 1.165) is 49.4 Å². The summed E-state index contributed by atoms with van der Waals surface area (Å²) in [5, 5.41) is 9.30. The standard InChI is InChI=1S/C12H20BrN3O/c1-2-6-16-11(14-15-12(16)9-13)8-10-5-3-4-7-17-10/h10H,2-9H2,1H3. The van der Waals surface area contributed by atoms with Gasteiger partial charge in [0, 0.05) is 19.6 Å². The van der Waals surface area contributed by atoms with E-state index in [2.05, 4.69) is 37.6 Å². The minimum Gasteiger partial charge on any atom is -0.378 e. The van der Waals surface area contributed by atoms with Crippen LogP contribution in [0.15, 0.2) is 0 Å². The molecular formula is C12H20BrN3O. The lowest BCUT2D eigenvalue weighted by Gasteiger charge is -2.22. The van der Waals surface area contributed by atoms with E-state index in [1.807, 2.05) is 0 Å². The molecule has 1 aromatic heterocycles. The quantitative estimate of drug-likeness (QED) is 0.785. The van der Waals surface area contributed by atoms with E-state index in [1.165, 1.54) is 12.8 Å². The maximum atomic E-state index is 5.77. The molecule has 0 aliphatic carbocycles. The Hall–Kier alpha value is -0.420. The van der Waals surface area contributed by atoms with Crippen LogP contribution in [-0.2, 0) is 23.0 Å². The Bertz CT molecular complexity index is 348. The first-order chi connectivity index (χ1) is 8.35. The van der Waals surface area contributed by atoms with Crippen molar-refractivity contribution in [1.29, 1.82) is 0 Å². The predicted octanol–water partition coefficient (Wildman–Crippen LogP) is 2.69. The third-order valence-corrected chi connectivity index (χ3v) is 3.66. The normalized spacial score (nSPS) is 20.7. The van der Waals surface area contributed by atoms with Gasteiger partial charge in [-0.3, -0.25) is 0 Å². The van der Waals surface area contributed by atoms with Crippen LogP contribution in [0.3, 0.4) is 0 Å². The van der Waals surface area contributed by atoms with Gasteiger partial charge in [-0.2, -0.15) is 0 Å². The largest absolute Gasteiger partial charge is 0.378 e. The number of nitrogens with zero attached hydrogens (tertiary/aromatic N) is 3. The second kappa shape index (κ2) is 6.50. The van der Waals surface area contributed by atoms with Crippen molar-refractivity contribution in [2.75, 3.05) is 6.61 Å². The zero-order valence-electron chi connectivity index (χ0n) is 10.4. The summed E-state index contributed by atoms with van der Waals surface area (Å²) in [6.07, 6.45) is 5.98. The van der Waals surface area contributed by atoms with Crippen LogP contribution < -0.4 is 0 Å². The third kappa shape index (κ3) is 3.28. The number of ether oxygens (including phenoxy) is 1. The van der Waals surface area contributed by atoms with Crippen LogP contribution in [0.5, 0.6) is 0 Å². The van der Waals surface area contributed by atoms with E-state index in [9.17, 15) is 0 Å². The lowest BCUT2D eigenvalue weighted by molar-refractivity contribution is 0.0151. The number of rotatable bonds is 5. The Morgan fingerprint density at radius 2 is 2.18 bits per heavy atom. The molecule has 1 aromatic rings. The van der Waals surface area contributed by atoms with Crippen molar-refractivity contribution in [2.45, 2.75) is 57.0 Å². The second-order valence-electron chi connectivity index (χ2n) is 4.51. The molecule has 0 amide bonds. The summed E-state index contributed by atoms with van der Waals surface area (Å²) in [5.74, 6) is 2.10. The van der Waals surface area contributed by atoms with Crippen LogP contribution in [-0.4, -0.2) is 27.5 Å². The van der Waals surface area contributed by atoms with Gasteiger partial charge in [-0.15, -0.1) is 10.2 Å². The van der Waals surface area contributed by atoms with Gasteiger partial charge in [0.2, 0.25) is 0 Å². The molecule has 0 saturated carbocycles. The Morgan fingerprint density at radius 3 is 2.82 bits per heavy atom. The average molecular weight is 302 g/mol. The lowest BCUT2D eigenvalue weighted by atomic mass is 10.1. The maximum absolute atomic E-state index is 5.77. The first kappa shape index (κ1) is 13.0. The van der Waals surface area contributed by atoms with Gasteiger partial charge in [0.25, 0.3) is 0 Å². The van der Waals surface area contributed by atoms with Gasteiger partial charge in [0.15, 0.2) is 0 Å². The van der Waals surface area contributed by atoms with Crippen molar-refractivity contribution in [2.24, 2.45) is 0 Å². The predicted molar refractivity (Wildman–Crippen MR) is 70.2 cm³/mol. The monoisotopic (exact) mass is 301 g/mol. The lowest BCUT2D eigenvalue weighted by Crippen LogP contribution is -2.23. The first-order valence-corrected chi connectivity index (χ1v) is 7.55. The highest BCUT2D eigenvalue weighted by Crippen LogP contribution is 2.17. The highest BCUT2D eigenvalue weighted by Gasteiger charge is 2.19. The number of hydrogen-bond donors (Lipinski definition) is 0. The second-order valence-corrected chi connectivity index (χ2v) is 5.07. The van der Waals surface area contributed by atoms with Crippen molar-refractivity contribution < 1.29 is 4.74 Å².